The van der Waals surface area contributed by atoms with E-state index in [9.17, 15) is 0 Å². The van der Waals surface area contributed by atoms with Crippen LogP contribution in [0.1, 0.15) is 50.8 Å². The summed E-state index contributed by atoms with van der Waals surface area (Å²) < 4.78 is 6.36. The lowest BCUT2D eigenvalue weighted by molar-refractivity contribution is 0.276. The van der Waals surface area contributed by atoms with Gasteiger partial charge in [0.05, 0.1) is 6.61 Å². The maximum atomic E-state index is 6.36. The van der Waals surface area contributed by atoms with E-state index in [1.54, 1.807) is 0 Å². The quantitative estimate of drug-likeness (QED) is 0.541. The van der Waals surface area contributed by atoms with Gasteiger partial charge in [-0.3, -0.25) is 0 Å². The minimum atomic E-state index is -1.71. The van der Waals surface area contributed by atoms with Gasteiger partial charge in [-0.05, 0) is 71.8 Å². The molecule has 0 spiro atoms. The molecule has 0 radical (unpaired) electrons. The van der Waals surface area contributed by atoms with Crippen molar-refractivity contribution < 1.29 is 4.43 Å². The molecule has 0 saturated heterocycles. The summed E-state index contributed by atoms with van der Waals surface area (Å²) in [6.45, 7) is 15.1. The van der Waals surface area contributed by atoms with E-state index in [-0.39, 0.29) is 5.04 Å². The first-order chi connectivity index (χ1) is 12.7. The topological polar surface area (TPSA) is 35.2 Å². The van der Waals surface area contributed by atoms with Gasteiger partial charge in [0, 0.05) is 0 Å². The average Bonchev–Trinajstić information content (AvgIpc) is 2.64. The number of benzene rings is 2. The number of nitrogens with two attached hydrogens (primary N) is 1. The van der Waals surface area contributed by atoms with Gasteiger partial charge in [-0.1, -0.05) is 70.2 Å². The van der Waals surface area contributed by atoms with Gasteiger partial charge in [0.1, 0.15) is 0 Å². The van der Waals surface area contributed by atoms with E-state index in [1.165, 1.54) is 27.8 Å². The van der Waals surface area contributed by atoms with Crippen molar-refractivity contribution >= 4 is 8.32 Å². The fourth-order valence-electron chi connectivity index (χ4n) is 2.91. The van der Waals surface area contributed by atoms with Gasteiger partial charge in [0.25, 0.3) is 0 Å². The molecule has 0 aliphatic rings. The van der Waals surface area contributed by atoms with Crippen molar-refractivity contribution in [2.24, 2.45) is 5.73 Å². The smallest absolute Gasteiger partial charge is 0.192 e. The van der Waals surface area contributed by atoms with Crippen molar-refractivity contribution in [1.29, 1.82) is 0 Å². The zero-order chi connectivity index (χ0) is 20.1. The first kappa shape index (κ1) is 21.9. The van der Waals surface area contributed by atoms with Crippen molar-refractivity contribution in [2.45, 2.75) is 71.7 Å². The lowest BCUT2D eigenvalue weighted by Crippen LogP contribution is -2.40. The highest BCUT2D eigenvalue weighted by molar-refractivity contribution is 6.74. The summed E-state index contributed by atoms with van der Waals surface area (Å²) in [4.78, 5) is 0. The molecule has 0 aliphatic heterocycles. The number of hydrogen-bond donors (Lipinski definition) is 1. The van der Waals surface area contributed by atoms with Gasteiger partial charge in [0.2, 0.25) is 0 Å². The van der Waals surface area contributed by atoms with Crippen LogP contribution in [0.2, 0.25) is 18.1 Å². The van der Waals surface area contributed by atoms with Crippen molar-refractivity contribution in [1.82, 2.24) is 0 Å². The third kappa shape index (κ3) is 5.77. The van der Waals surface area contributed by atoms with E-state index >= 15 is 0 Å². The zero-order valence-corrected chi connectivity index (χ0v) is 19.1. The van der Waals surface area contributed by atoms with Gasteiger partial charge in [-0.25, -0.2) is 0 Å². The molecule has 0 fully saturated rings. The van der Waals surface area contributed by atoms with E-state index in [0.717, 1.165) is 25.8 Å². The monoisotopic (exact) mass is 383 g/mol. The second-order valence-corrected chi connectivity index (χ2v) is 13.8. The molecule has 2 N–H and O–H groups in total. The van der Waals surface area contributed by atoms with Gasteiger partial charge in [-0.2, -0.15) is 0 Å². The van der Waals surface area contributed by atoms with E-state index in [0.29, 0.717) is 6.61 Å². The van der Waals surface area contributed by atoms with E-state index in [1.807, 2.05) is 0 Å². The van der Waals surface area contributed by atoms with Crippen LogP contribution >= 0.6 is 0 Å². The predicted molar refractivity (Wildman–Crippen MR) is 121 cm³/mol. The van der Waals surface area contributed by atoms with Gasteiger partial charge in [-0.15, -0.1) is 0 Å². The second kappa shape index (κ2) is 9.18. The molecule has 0 heterocycles. The fraction of sp³-hybridized carbons (Fsp3) is 0.500. The number of aryl methyl sites for hydroxylation is 2. The van der Waals surface area contributed by atoms with Crippen LogP contribution in [0, 0.1) is 0 Å². The Hall–Kier alpha value is -1.42. The lowest BCUT2D eigenvalue weighted by atomic mass is 9.93. The molecule has 2 aromatic carbocycles. The molecule has 27 heavy (non-hydrogen) atoms. The number of rotatable bonds is 8. The Kier molecular flexibility index (Phi) is 7.44. The summed E-state index contributed by atoms with van der Waals surface area (Å²) in [6.07, 6.45) is 3.13. The van der Waals surface area contributed by atoms with Crippen LogP contribution < -0.4 is 5.73 Å². The average molecular weight is 384 g/mol. The summed E-state index contributed by atoms with van der Waals surface area (Å²) >= 11 is 0. The molecule has 2 rings (SSSR count). The highest BCUT2D eigenvalue weighted by Gasteiger charge is 2.36. The standard InChI is InChI=1S/C24H37NOSi/c1-7-19-12-15-23(22(17-19)9-8-16-25)21-13-10-20(11-14-21)18-26-27(5,6)24(2,3)4/h10-15,17H,7-9,16,18,25H2,1-6H3. The Morgan fingerprint density at radius 2 is 1.59 bits per heavy atom. The number of hydrogen-bond acceptors (Lipinski definition) is 2. The van der Waals surface area contributed by atoms with Crippen molar-refractivity contribution in [3.63, 3.8) is 0 Å². The van der Waals surface area contributed by atoms with Gasteiger partial charge >= 0.3 is 0 Å². The van der Waals surface area contributed by atoms with Crippen molar-refractivity contribution in [2.75, 3.05) is 6.54 Å². The molecule has 148 valence electrons. The maximum absolute atomic E-state index is 6.36. The Labute approximate surface area is 167 Å². The molecule has 0 unspecified atom stereocenters. The Morgan fingerprint density at radius 3 is 2.15 bits per heavy atom. The molecule has 3 heteroatoms. The lowest BCUT2D eigenvalue weighted by Gasteiger charge is -2.36. The van der Waals surface area contributed by atoms with Crippen molar-refractivity contribution in [3.05, 3.63) is 59.2 Å². The summed E-state index contributed by atoms with van der Waals surface area (Å²) in [6, 6.07) is 15.8. The SMILES string of the molecule is CCc1ccc(-c2ccc(CO[Si](C)(C)C(C)(C)C)cc2)c(CCCN)c1. The Balaban J connectivity index is 2.17. The summed E-state index contributed by atoms with van der Waals surface area (Å²) in [7, 11) is -1.71. The van der Waals surface area contributed by atoms with Crippen LogP contribution in [0.15, 0.2) is 42.5 Å². The van der Waals surface area contributed by atoms with Crippen LogP contribution in [0.3, 0.4) is 0 Å². The largest absolute Gasteiger partial charge is 0.413 e. The normalized spacial score (nSPS) is 12.4. The molecular formula is C24H37NOSi. The van der Waals surface area contributed by atoms with Crippen LogP contribution in [0.25, 0.3) is 11.1 Å². The molecular weight excluding hydrogens is 346 g/mol. The van der Waals surface area contributed by atoms with Crippen LogP contribution in [-0.2, 0) is 23.9 Å². The molecule has 0 aromatic heterocycles. The maximum Gasteiger partial charge on any atom is 0.192 e. The van der Waals surface area contributed by atoms with Crippen LogP contribution in [-0.4, -0.2) is 14.9 Å². The van der Waals surface area contributed by atoms with E-state index < -0.39 is 8.32 Å². The fourth-order valence-corrected chi connectivity index (χ4v) is 3.87. The third-order valence-electron chi connectivity index (χ3n) is 5.90. The summed E-state index contributed by atoms with van der Waals surface area (Å²) in [5.41, 5.74) is 12.4. The Bertz CT molecular complexity index is 729. The van der Waals surface area contributed by atoms with Gasteiger partial charge in [0.15, 0.2) is 8.32 Å². The second-order valence-electron chi connectivity index (χ2n) is 8.98. The summed E-state index contributed by atoms with van der Waals surface area (Å²) in [5.74, 6) is 0. The predicted octanol–water partition coefficient (Wildman–Crippen LogP) is 6.33. The van der Waals surface area contributed by atoms with E-state index in [4.69, 9.17) is 10.2 Å². The Morgan fingerprint density at radius 1 is 0.963 bits per heavy atom. The molecule has 0 amide bonds. The molecule has 0 atom stereocenters. The molecule has 0 aliphatic carbocycles. The zero-order valence-electron chi connectivity index (χ0n) is 18.1. The van der Waals surface area contributed by atoms with Crippen molar-refractivity contribution in [3.8, 4) is 11.1 Å². The minimum Gasteiger partial charge on any atom is -0.413 e. The highest BCUT2D eigenvalue weighted by atomic mass is 28.4. The molecule has 2 nitrogen and oxygen atoms in total. The third-order valence-corrected chi connectivity index (χ3v) is 10.4. The first-order valence-corrected chi connectivity index (χ1v) is 13.1. The highest BCUT2D eigenvalue weighted by Crippen LogP contribution is 2.37. The van der Waals surface area contributed by atoms with Crippen LogP contribution in [0.5, 0.6) is 0 Å². The summed E-state index contributed by atoms with van der Waals surface area (Å²) in [5, 5.41) is 0.242. The van der Waals surface area contributed by atoms with E-state index in [2.05, 4.69) is 83.3 Å². The van der Waals surface area contributed by atoms with Crippen LogP contribution in [0.4, 0.5) is 0 Å². The molecule has 0 bridgehead atoms. The minimum absolute atomic E-state index is 0.242. The first-order valence-electron chi connectivity index (χ1n) is 10.2. The molecule has 2 aromatic rings. The van der Waals surface area contributed by atoms with Gasteiger partial charge < -0.3 is 10.2 Å². The molecule has 0 saturated carbocycles.